The van der Waals surface area contributed by atoms with Crippen molar-refractivity contribution < 1.29 is 18.4 Å². The summed E-state index contributed by atoms with van der Waals surface area (Å²) in [6.45, 7) is 13.5. The Balaban J connectivity index is 1.47. The molecule has 37 heavy (non-hydrogen) atoms. The van der Waals surface area contributed by atoms with E-state index in [1.165, 1.54) is 12.1 Å². The van der Waals surface area contributed by atoms with Gasteiger partial charge < -0.3 is 14.2 Å². The maximum absolute atomic E-state index is 13.7. The number of furan rings is 1. The van der Waals surface area contributed by atoms with Crippen LogP contribution in [0.2, 0.25) is 0 Å². The number of hydrogen-bond acceptors (Lipinski definition) is 4. The highest BCUT2D eigenvalue weighted by atomic mass is 19.1. The van der Waals surface area contributed by atoms with Crippen molar-refractivity contribution in [2.45, 2.75) is 71.8 Å². The molecule has 0 N–H and O–H groups in total. The Bertz CT molecular complexity index is 1370. The number of nitrogens with zero attached hydrogens (tertiary/aromatic N) is 3. The molecule has 2 aliphatic rings. The molecule has 1 saturated heterocycles. The molecule has 7 heteroatoms. The van der Waals surface area contributed by atoms with Crippen LogP contribution in [0.25, 0.3) is 22.4 Å². The maximum atomic E-state index is 13.7. The van der Waals surface area contributed by atoms with Gasteiger partial charge in [-0.2, -0.15) is 0 Å². The van der Waals surface area contributed by atoms with Crippen LogP contribution in [0, 0.1) is 11.2 Å². The Morgan fingerprint density at radius 1 is 1.08 bits per heavy atom. The zero-order chi connectivity index (χ0) is 26.8. The van der Waals surface area contributed by atoms with Crippen LogP contribution < -0.4 is 0 Å². The third-order valence-corrected chi connectivity index (χ3v) is 8.38. The third kappa shape index (κ3) is 4.53. The topological polar surface area (TPSA) is 66.7 Å². The molecule has 1 aliphatic heterocycles. The molecular weight excluding hydrogens is 469 g/mol. The van der Waals surface area contributed by atoms with Crippen molar-refractivity contribution >= 4 is 22.9 Å². The van der Waals surface area contributed by atoms with Gasteiger partial charge in [0, 0.05) is 42.2 Å². The Hall–Kier alpha value is -3.22. The maximum Gasteiger partial charge on any atom is 0.290 e. The lowest BCUT2D eigenvalue weighted by Gasteiger charge is -2.48. The summed E-state index contributed by atoms with van der Waals surface area (Å²) in [4.78, 5) is 35.3. The molecule has 5 rings (SSSR count). The normalized spacial score (nSPS) is 18.8. The highest BCUT2D eigenvalue weighted by molar-refractivity contribution is 5.97. The van der Waals surface area contributed by atoms with Crippen LogP contribution in [0.15, 0.2) is 40.8 Å². The largest absolute Gasteiger partial charge is 0.449 e. The van der Waals surface area contributed by atoms with Crippen LogP contribution >= 0.6 is 0 Å². The van der Waals surface area contributed by atoms with Crippen molar-refractivity contribution in [1.82, 2.24) is 14.8 Å². The van der Waals surface area contributed by atoms with Gasteiger partial charge in [0.2, 0.25) is 5.91 Å². The predicted octanol–water partition coefficient (Wildman–Crippen LogP) is 6.18. The number of hydrogen-bond donors (Lipinski definition) is 0. The molecule has 2 amide bonds. The van der Waals surface area contributed by atoms with E-state index < -0.39 is 11.0 Å². The number of carbonyl (C=O) groups excluding carboxylic acids is 2. The third-order valence-electron chi connectivity index (χ3n) is 8.38. The first-order valence-corrected chi connectivity index (χ1v) is 13.2. The molecular formula is C30H36FN3O3. The van der Waals surface area contributed by atoms with E-state index in [-0.39, 0.29) is 28.8 Å². The summed E-state index contributed by atoms with van der Waals surface area (Å²) in [5.74, 6) is -0.108. The second kappa shape index (κ2) is 8.67. The molecule has 0 bridgehead atoms. The van der Waals surface area contributed by atoms with E-state index in [9.17, 15) is 14.0 Å². The van der Waals surface area contributed by atoms with Gasteiger partial charge in [0.25, 0.3) is 5.91 Å². The zero-order valence-electron chi connectivity index (χ0n) is 22.7. The van der Waals surface area contributed by atoms with Gasteiger partial charge in [0.1, 0.15) is 11.3 Å². The van der Waals surface area contributed by atoms with Crippen LogP contribution in [-0.4, -0.2) is 51.8 Å². The second-order valence-corrected chi connectivity index (χ2v) is 12.2. The SMILES string of the molecule is CCC(C)(C)C(=O)N1CCN(C(=O)c2cc3nc(-c4ccc(F)cc4)cc(C4(C)CC4)c3o2)C(C)(C)C1. The van der Waals surface area contributed by atoms with E-state index in [2.05, 4.69) is 6.92 Å². The quantitative estimate of drug-likeness (QED) is 0.415. The molecule has 0 atom stereocenters. The Kier molecular flexibility index (Phi) is 5.96. The fourth-order valence-electron chi connectivity index (χ4n) is 5.22. The van der Waals surface area contributed by atoms with Crippen LogP contribution in [0.5, 0.6) is 0 Å². The molecule has 2 aromatic heterocycles. The van der Waals surface area contributed by atoms with Crippen molar-refractivity contribution in [3.05, 3.63) is 53.5 Å². The van der Waals surface area contributed by atoms with Crippen molar-refractivity contribution in [3.63, 3.8) is 0 Å². The molecule has 3 heterocycles. The molecule has 3 aromatic rings. The van der Waals surface area contributed by atoms with Crippen LogP contribution in [0.4, 0.5) is 4.39 Å². The van der Waals surface area contributed by atoms with Crippen LogP contribution in [0.1, 0.15) is 76.9 Å². The number of amides is 2. The lowest BCUT2D eigenvalue weighted by atomic mass is 9.87. The van der Waals surface area contributed by atoms with Gasteiger partial charge in [-0.1, -0.05) is 27.7 Å². The summed E-state index contributed by atoms with van der Waals surface area (Å²) in [5.41, 5.74) is 2.87. The van der Waals surface area contributed by atoms with Gasteiger partial charge in [0.15, 0.2) is 11.3 Å². The van der Waals surface area contributed by atoms with Gasteiger partial charge in [-0.25, -0.2) is 9.37 Å². The predicted molar refractivity (Wildman–Crippen MR) is 142 cm³/mol. The first kappa shape index (κ1) is 25.4. The summed E-state index contributed by atoms with van der Waals surface area (Å²) in [7, 11) is 0. The van der Waals surface area contributed by atoms with Gasteiger partial charge in [0.05, 0.1) is 11.2 Å². The number of rotatable bonds is 5. The fourth-order valence-corrected chi connectivity index (χ4v) is 5.22. The minimum Gasteiger partial charge on any atom is -0.449 e. The van der Waals surface area contributed by atoms with E-state index in [4.69, 9.17) is 9.40 Å². The van der Waals surface area contributed by atoms with E-state index in [0.717, 1.165) is 36.1 Å². The second-order valence-electron chi connectivity index (χ2n) is 12.2. The van der Waals surface area contributed by atoms with Crippen molar-refractivity contribution in [1.29, 1.82) is 0 Å². The molecule has 1 aliphatic carbocycles. The molecule has 0 unspecified atom stereocenters. The first-order valence-electron chi connectivity index (χ1n) is 13.2. The number of fused-ring (bicyclic) bond motifs is 1. The average molecular weight is 506 g/mol. The van der Waals surface area contributed by atoms with Crippen LogP contribution in [0.3, 0.4) is 0 Å². The minimum atomic E-state index is -0.550. The summed E-state index contributed by atoms with van der Waals surface area (Å²) < 4.78 is 19.7. The van der Waals surface area contributed by atoms with E-state index >= 15 is 0 Å². The number of benzene rings is 1. The molecule has 0 radical (unpaired) electrons. The molecule has 1 saturated carbocycles. The number of aromatic nitrogens is 1. The minimum absolute atomic E-state index is 0.0223. The molecule has 1 aromatic carbocycles. The summed E-state index contributed by atoms with van der Waals surface area (Å²) in [5, 5.41) is 0. The van der Waals surface area contributed by atoms with E-state index in [0.29, 0.717) is 30.7 Å². The molecule has 2 fully saturated rings. The summed E-state index contributed by atoms with van der Waals surface area (Å²) in [6, 6.07) is 10.0. The Labute approximate surface area is 217 Å². The first-order chi connectivity index (χ1) is 17.3. The summed E-state index contributed by atoms with van der Waals surface area (Å²) >= 11 is 0. The van der Waals surface area contributed by atoms with Crippen molar-refractivity contribution in [2.75, 3.05) is 19.6 Å². The highest BCUT2D eigenvalue weighted by Gasteiger charge is 2.44. The van der Waals surface area contributed by atoms with Gasteiger partial charge in [-0.3, -0.25) is 9.59 Å². The Morgan fingerprint density at radius 3 is 2.35 bits per heavy atom. The van der Waals surface area contributed by atoms with E-state index in [1.807, 2.05) is 50.5 Å². The number of pyridine rings is 1. The smallest absolute Gasteiger partial charge is 0.290 e. The highest BCUT2D eigenvalue weighted by Crippen LogP contribution is 2.50. The van der Waals surface area contributed by atoms with Crippen molar-refractivity contribution in [2.24, 2.45) is 5.41 Å². The van der Waals surface area contributed by atoms with Crippen LogP contribution in [-0.2, 0) is 10.2 Å². The number of piperazine rings is 1. The van der Waals surface area contributed by atoms with Gasteiger partial charge in [-0.15, -0.1) is 0 Å². The van der Waals surface area contributed by atoms with Gasteiger partial charge >= 0.3 is 0 Å². The number of carbonyl (C=O) groups is 2. The standard InChI is InChI=1S/C30H36FN3O3/c1-7-28(2,3)27(36)33-14-15-34(29(4,5)18-33)26(35)24-17-23-25(37-24)21(30(6)12-13-30)16-22(32-23)19-8-10-20(31)11-9-19/h8-11,16-17H,7,12-15,18H2,1-6H3. The zero-order valence-corrected chi connectivity index (χ0v) is 22.7. The lowest BCUT2D eigenvalue weighted by molar-refractivity contribution is -0.144. The molecule has 6 nitrogen and oxygen atoms in total. The molecule has 0 spiro atoms. The lowest BCUT2D eigenvalue weighted by Crippen LogP contribution is -2.63. The van der Waals surface area contributed by atoms with Crippen molar-refractivity contribution in [3.8, 4) is 11.3 Å². The number of halogens is 1. The monoisotopic (exact) mass is 505 g/mol. The Morgan fingerprint density at radius 2 is 1.76 bits per heavy atom. The fraction of sp³-hybridized carbons (Fsp3) is 0.500. The summed E-state index contributed by atoms with van der Waals surface area (Å²) in [6.07, 6.45) is 2.84. The van der Waals surface area contributed by atoms with E-state index in [1.54, 1.807) is 18.2 Å². The molecule has 196 valence electrons. The average Bonchev–Trinajstić information content (AvgIpc) is 3.46. The van der Waals surface area contributed by atoms with Gasteiger partial charge in [-0.05, 0) is 68.9 Å².